The van der Waals surface area contributed by atoms with E-state index in [0.29, 0.717) is 5.92 Å². The van der Waals surface area contributed by atoms with Crippen LogP contribution in [0.1, 0.15) is 43.7 Å². The molecule has 3 heteroatoms. The molecule has 1 aromatic rings. The number of nitrogens with one attached hydrogen (secondary N) is 1. The third kappa shape index (κ3) is 3.19. The van der Waals surface area contributed by atoms with Crippen LogP contribution < -0.4 is 5.32 Å². The van der Waals surface area contributed by atoms with E-state index in [1.165, 1.54) is 18.4 Å². The normalized spacial score (nSPS) is 16.9. The van der Waals surface area contributed by atoms with E-state index >= 15 is 0 Å². The average Bonchev–Trinajstić information content (AvgIpc) is 3.04. The third-order valence-electron chi connectivity index (χ3n) is 3.33. The van der Waals surface area contributed by atoms with Gasteiger partial charge in [-0.05, 0) is 38.7 Å². The van der Waals surface area contributed by atoms with Crippen LogP contribution in [0.3, 0.4) is 0 Å². The number of nitrogens with zero attached hydrogens (tertiary/aromatic N) is 1. The number of hydrogen-bond acceptors (Lipinski definition) is 3. The Morgan fingerprint density at radius 3 is 2.65 bits per heavy atom. The highest BCUT2D eigenvalue weighted by molar-refractivity contribution is 5.57. The molecular weight excluding hydrogens is 212 g/mol. The van der Waals surface area contributed by atoms with Gasteiger partial charge in [0, 0.05) is 18.2 Å². The van der Waals surface area contributed by atoms with Gasteiger partial charge in [-0.25, -0.2) is 0 Å². The molecule has 0 bridgehead atoms. The summed E-state index contributed by atoms with van der Waals surface area (Å²) < 4.78 is 5.20. The molecule has 1 heterocycles. The van der Waals surface area contributed by atoms with Gasteiger partial charge in [0.2, 0.25) is 0 Å². The van der Waals surface area contributed by atoms with Crippen LogP contribution in [0.5, 0.6) is 0 Å². The molecule has 0 radical (unpaired) electrons. The van der Waals surface area contributed by atoms with E-state index in [0.717, 1.165) is 29.6 Å². The average molecular weight is 234 g/mol. The molecule has 0 saturated heterocycles. The van der Waals surface area contributed by atoms with Crippen molar-refractivity contribution in [2.45, 2.75) is 46.6 Å². The zero-order valence-electron chi connectivity index (χ0n) is 11.2. The van der Waals surface area contributed by atoms with Crippen LogP contribution in [0.25, 0.3) is 6.08 Å². The lowest BCUT2D eigenvalue weighted by atomic mass is 9.99. The smallest absolute Gasteiger partial charge is 0.141 e. The van der Waals surface area contributed by atoms with E-state index in [9.17, 15) is 0 Å². The number of hydrogen-bond donors (Lipinski definition) is 1. The molecule has 1 aliphatic carbocycles. The van der Waals surface area contributed by atoms with Gasteiger partial charge in [0.1, 0.15) is 5.76 Å². The third-order valence-corrected chi connectivity index (χ3v) is 3.33. The molecule has 3 nitrogen and oxygen atoms in total. The molecule has 0 unspecified atom stereocenters. The van der Waals surface area contributed by atoms with Crippen molar-refractivity contribution in [3.63, 3.8) is 0 Å². The Hall–Kier alpha value is -1.09. The lowest BCUT2D eigenvalue weighted by Crippen LogP contribution is -2.21. The number of rotatable bonds is 5. The first kappa shape index (κ1) is 12.4. The molecule has 0 atom stereocenters. The van der Waals surface area contributed by atoms with E-state index in [1.54, 1.807) is 0 Å². The predicted molar refractivity (Wildman–Crippen MR) is 69.8 cm³/mol. The first-order chi connectivity index (χ1) is 8.08. The summed E-state index contributed by atoms with van der Waals surface area (Å²) in [7, 11) is 0. The number of aromatic nitrogens is 1. The summed E-state index contributed by atoms with van der Waals surface area (Å²) >= 11 is 0. The van der Waals surface area contributed by atoms with Gasteiger partial charge in [-0.2, -0.15) is 0 Å². The summed E-state index contributed by atoms with van der Waals surface area (Å²) in [6, 6.07) is 0.752. The minimum Gasteiger partial charge on any atom is -0.361 e. The van der Waals surface area contributed by atoms with E-state index in [-0.39, 0.29) is 0 Å². The van der Waals surface area contributed by atoms with Crippen LogP contribution in [0.15, 0.2) is 10.1 Å². The van der Waals surface area contributed by atoms with Gasteiger partial charge in [-0.3, -0.25) is 0 Å². The Morgan fingerprint density at radius 1 is 1.47 bits per heavy atom. The van der Waals surface area contributed by atoms with E-state index in [4.69, 9.17) is 4.52 Å². The summed E-state index contributed by atoms with van der Waals surface area (Å²) in [6.45, 7) is 9.41. The van der Waals surface area contributed by atoms with Gasteiger partial charge in [0.15, 0.2) is 0 Å². The van der Waals surface area contributed by atoms with Crippen molar-refractivity contribution in [3.05, 3.63) is 22.6 Å². The maximum absolute atomic E-state index is 5.20. The minimum absolute atomic E-state index is 0.551. The molecule has 17 heavy (non-hydrogen) atoms. The van der Waals surface area contributed by atoms with Crippen molar-refractivity contribution < 1.29 is 4.52 Å². The maximum Gasteiger partial charge on any atom is 0.141 e. The standard InChI is InChI=1S/C14H22N2O/c1-9(2)12(8-15-13-5-6-13)7-14-10(3)16-17-11(14)4/h7,9,13,15H,5-6,8H2,1-4H3. The first-order valence-corrected chi connectivity index (χ1v) is 6.44. The van der Waals surface area contributed by atoms with E-state index in [1.807, 2.05) is 13.8 Å². The molecule has 0 spiro atoms. The van der Waals surface area contributed by atoms with Crippen molar-refractivity contribution in [2.75, 3.05) is 6.54 Å². The van der Waals surface area contributed by atoms with Gasteiger partial charge in [0.05, 0.1) is 5.69 Å². The second-order valence-corrected chi connectivity index (χ2v) is 5.27. The van der Waals surface area contributed by atoms with Gasteiger partial charge in [-0.15, -0.1) is 0 Å². The largest absolute Gasteiger partial charge is 0.361 e. The first-order valence-electron chi connectivity index (χ1n) is 6.44. The summed E-state index contributed by atoms with van der Waals surface area (Å²) in [4.78, 5) is 0. The Morgan fingerprint density at radius 2 is 2.18 bits per heavy atom. The number of aryl methyl sites for hydroxylation is 2. The Bertz CT molecular complexity index is 394. The van der Waals surface area contributed by atoms with Crippen molar-refractivity contribution in [2.24, 2.45) is 5.92 Å². The molecule has 1 N–H and O–H groups in total. The van der Waals surface area contributed by atoms with Crippen LogP contribution >= 0.6 is 0 Å². The highest BCUT2D eigenvalue weighted by Gasteiger charge is 2.21. The topological polar surface area (TPSA) is 38.1 Å². The molecule has 0 aliphatic heterocycles. The van der Waals surface area contributed by atoms with Crippen molar-refractivity contribution >= 4 is 6.08 Å². The lowest BCUT2D eigenvalue weighted by Gasteiger charge is -2.12. The highest BCUT2D eigenvalue weighted by atomic mass is 16.5. The van der Waals surface area contributed by atoms with Crippen LogP contribution in [0, 0.1) is 19.8 Å². The SMILES string of the molecule is Cc1noc(C)c1C=C(CNC1CC1)C(C)C. The Balaban J connectivity index is 2.13. The summed E-state index contributed by atoms with van der Waals surface area (Å²) in [5.41, 5.74) is 3.55. The van der Waals surface area contributed by atoms with Crippen LogP contribution in [0.4, 0.5) is 0 Å². The molecule has 1 aromatic heterocycles. The molecule has 0 aromatic carbocycles. The monoisotopic (exact) mass is 234 g/mol. The molecular formula is C14H22N2O. The molecule has 1 saturated carbocycles. The fourth-order valence-corrected chi connectivity index (χ4v) is 1.85. The molecule has 0 amide bonds. The molecule has 1 fully saturated rings. The second-order valence-electron chi connectivity index (χ2n) is 5.27. The predicted octanol–water partition coefficient (Wildman–Crippen LogP) is 3.08. The van der Waals surface area contributed by atoms with Gasteiger partial charge >= 0.3 is 0 Å². The van der Waals surface area contributed by atoms with Gasteiger partial charge in [-0.1, -0.05) is 24.6 Å². The summed E-state index contributed by atoms with van der Waals surface area (Å²) in [6.07, 6.45) is 4.90. The highest BCUT2D eigenvalue weighted by Crippen LogP contribution is 2.22. The molecule has 94 valence electrons. The maximum atomic E-state index is 5.20. The van der Waals surface area contributed by atoms with E-state index < -0.39 is 0 Å². The minimum atomic E-state index is 0.551. The zero-order chi connectivity index (χ0) is 12.4. The van der Waals surface area contributed by atoms with Gasteiger partial charge in [0.25, 0.3) is 0 Å². The van der Waals surface area contributed by atoms with Crippen molar-refractivity contribution in [1.82, 2.24) is 10.5 Å². The quantitative estimate of drug-likeness (QED) is 0.850. The molecule has 2 rings (SSSR count). The summed E-state index contributed by atoms with van der Waals surface area (Å²) in [5.74, 6) is 1.46. The zero-order valence-corrected chi connectivity index (χ0v) is 11.2. The van der Waals surface area contributed by atoms with Gasteiger partial charge < -0.3 is 9.84 Å². The van der Waals surface area contributed by atoms with Crippen molar-refractivity contribution in [3.8, 4) is 0 Å². The Labute approximate surface area is 103 Å². The molecule has 1 aliphatic rings. The van der Waals surface area contributed by atoms with Crippen molar-refractivity contribution in [1.29, 1.82) is 0 Å². The summed E-state index contributed by atoms with van der Waals surface area (Å²) in [5, 5.41) is 7.57. The van der Waals surface area contributed by atoms with E-state index in [2.05, 4.69) is 30.4 Å². The lowest BCUT2D eigenvalue weighted by molar-refractivity contribution is 0.393. The fraction of sp³-hybridized carbons (Fsp3) is 0.643. The second kappa shape index (κ2) is 5.05. The van der Waals surface area contributed by atoms with Crippen LogP contribution in [-0.4, -0.2) is 17.7 Å². The Kier molecular flexibility index (Phi) is 3.67. The fourth-order valence-electron chi connectivity index (χ4n) is 1.85. The van der Waals surface area contributed by atoms with Crippen LogP contribution in [0.2, 0.25) is 0 Å². The van der Waals surface area contributed by atoms with Crippen LogP contribution in [-0.2, 0) is 0 Å².